The van der Waals surface area contributed by atoms with Crippen LogP contribution in [0.25, 0.3) is 0 Å². The molecule has 6 heteroatoms. The first kappa shape index (κ1) is 18.9. The number of rotatable bonds is 6. The monoisotopic (exact) mass is 395 g/mol. The summed E-state index contributed by atoms with van der Waals surface area (Å²) >= 11 is 3.45. The van der Waals surface area contributed by atoms with Crippen molar-refractivity contribution in [3.63, 3.8) is 0 Å². The quantitative estimate of drug-likeness (QED) is 0.801. The zero-order valence-electron chi connectivity index (χ0n) is 14.4. The summed E-state index contributed by atoms with van der Waals surface area (Å²) in [4.78, 5) is 28.2. The number of halogens is 1. The fraction of sp³-hybridized carbons (Fsp3) is 0.556. The third kappa shape index (κ3) is 6.24. The van der Waals surface area contributed by atoms with Gasteiger partial charge in [0.2, 0.25) is 11.8 Å². The zero-order chi connectivity index (χ0) is 17.5. The van der Waals surface area contributed by atoms with Crippen molar-refractivity contribution in [2.45, 2.75) is 32.7 Å². The normalized spacial score (nSPS) is 15.6. The van der Waals surface area contributed by atoms with Crippen LogP contribution in [0.2, 0.25) is 0 Å². The number of amides is 2. The Hall–Kier alpha value is -1.40. The van der Waals surface area contributed by atoms with Crippen molar-refractivity contribution in [1.29, 1.82) is 0 Å². The summed E-state index contributed by atoms with van der Waals surface area (Å²) in [7, 11) is 0. The van der Waals surface area contributed by atoms with E-state index in [1.165, 1.54) is 5.56 Å². The van der Waals surface area contributed by atoms with Gasteiger partial charge in [-0.25, -0.2) is 0 Å². The van der Waals surface area contributed by atoms with Crippen molar-refractivity contribution >= 4 is 27.7 Å². The van der Waals surface area contributed by atoms with Crippen LogP contribution in [0.15, 0.2) is 28.7 Å². The van der Waals surface area contributed by atoms with Gasteiger partial charge < -0.3 is 10.2 Å². The molecule has 2 rings (SSSR count). The summed E-state index contributed by atoms with van der Waals surface area (Å²) < 4.78 is 1.04. The third-order valence-electron chi connectivity index (χ3n) is 4.06. The number of carbonyl (C=O) groups is 2. The fourth-order valence-electron chi connectivity index (χ4n) is 2.83. The maximum absolute atomic E-state index is 12.3. The molecule has 24 heavy (non-hydrogen) atoms. The highest BCUT2D eigenvalue weighted by Crippen LogP contribution is 2.14. The average molecular weight is 396 g/mol. The molecule has 0 unspecified atom stereocenters. The Labute approximate surface area is 152 Å². The molecule has 0 saturated carbocycles. The van der Waals surface area contributed by atoms with Crippen molar-refractivity contribution < 1.29 is 9.59 Å². The average Bonchev–Trinajstić information content (AvgIpc) is 2.52. The molecule has 0 atom stereocenters. The van der Waals surface area contributed by atoms with Crippen LogP contribution in [-0.4, -0.2) is 60.4 Å². The van der Waals surface area contributed by atoms with E-state index in [-0.39, 0.29) is 17.9 Å². The van der Waals surface area contributed by atoms with Crippen molar-refractivity contribution in [3.05, 3.63) is 34.3 Å². The van der Waals surface area contributed by atoms with Gasteiger partial charge in [0.15, 0.2) is 0 Å². The molecule has 2 amide bonds. The summed E-state index contributed by atoms with van der Waals surface area (Å²) in [6, 6.07) is 8.24. The minimum atomic E-state index is 0.0550. The van der Waals surface area contributed by atoms with Crippen molar-refractivity contribution in [3.8, 4) is 0 Å². The fourth-order valence-corrected chi connectivity index (χ4v) is 3.27. The SMILES string of the molecule is CC(C)NC(=O)CN1CCN(C(=O)CCc2cccc(Br)c2)CC1. The van der Waals surface area contributed by atoms with Crippen LogP contribution in [0.3, 0.4) is 0 Å². The number of aryl methyl sites for hydroxylation is 1. The molecular weight excluding hydrogens is 370 g/mol. The molecule has 1 N–H and O–H groups in total. The summed E-state index contributed by atoms with van der Waals surface area (Å²) in [6.45, 7) is 7.25. The highest BCUT2D eigenvalue weighted by atomic mass is 79.9. The molecule has 1 fully saturated rings. The standard InChI is InChI=1S/C18H26BrN3O2/c1-14(2)20-17(23)13-21-8-10-22(11-9-21)18(24)7-6-15-4-3-5-16(19)12-15/h3-5,12,14H,6-11,13H2,1-2H3,(H,20,23). The Morgan fingerprint density at radius 1 is 1.21 bits per heavy atom. The second-order valence-corrected chi connectivity index (χ2v) is 7.42. The minimum absolute atomic E-state index is 0.0550. The van der Waals surface area contributed by atoms with E-state index in [0.29, 0.717) is 26.1 Å². The number of nitrogens with one attached hydrogen (secondary N) is 1. The maximum Gasteiger partial charge on any atom is 0.234 e. The highest BCUT2D eigenvalue weighted by Gasteiger charge is 2.22. The van der Waals surface area contributed by atoms with E-state index in [4.69, 9.17) is 0 Å². The number of piperazine rings is 1. The number of nitrogens with zero attached hydrogens (tertiary/aromatic N) is 2. The topological polar surface area (TPSA) is 52.7 Å². The lowest BCUT2D eigenvalue weighted by Crippen LogP contribution is -2.51. The van der Waals surface area contributed by atoms with Gasteiger partial charge in [0.05, 0.1) is 6.54 Å². The summed E-state index contributed by atoms with van der Waals surface area (Å²) in [6.07, 6.45) is 1.29. The Kier molecular flexibility index (Phi) is 7.24. The second kappa shape index (κ2) is 9.18. The molecular formula is C18H26BrN3O2. The van der Waals surface area contributed by atoms with E-state index in [1.807, 2.05) is 36.9 Å². The van der Waals surface area contributed by atoms with Gasteiger partial charge in [0.25, 0.3) is 0 Å². The Morgan fingerprint density at radius 2 is 1.92 bits per heavy atom. The molecule has 132 valence electrons. The van der Waals surface area contributed by atoms with Crippen molar-refractivity contribution in [1.82, 2.24) is 15.1 Å². The molecule has 1 aromatic carbocycles. The third-order valence-corrected chi connectivity index (χ3v) is 4.55. The number of hydrogen-bond donors (Lipinski definition) is 1. The van der Waals surface area contributed by atoms with E-state index in [0.717, 1.165) is 24.0 Å². The van der Waals surface area contributed by atoms with Gasteiger partial charge in [-0.05, 0) is 38.0 Å². The number of carbonyl (C=O) groups excluding carboxylic acids is 2. The first-order valence-corrected chi connectivity index (χ1v) is 9.27. The molecule has 0 bridgehead atoms. The van der Waals surface area contributed by atoms with Crippen molar-refractivity contribution in [2.75, 3.05) is 32.7 Å². The van der Waals surface area contributed by atoms with Crippen LogP contribution in [-0.2, 0) is 16.0 Å². The van der Waals surface area contributed by atoms with Crippen LogP contribution in [0.5, 0.6) is 0 Å². The predicted octanol–water partition coefficient (Wildman–Crippen LogP) is 2.05. The minimum Gasteiger partial charge on any atom is -0.353 e. The summed E-state index contributed by atoms with van der Waals surface area (Å²) in [5.74, 6) is 0.251. The van der Waals surface area contributed by atoms with E-state index < -0.39 is 0 Å². The van der Waals surface area contributed by atoms with Gasteiger partial charge >= 0.3 is 0 Å². The molecule has 0 spiro atoms. The molecule has 0 radical (unpaired) electrons. The molecule has 1 heterocycles. The predicted molar refractivity (Wildman–Crippen MR) is 98.8 cm³/mol. The first-order valence-electron chi connectivity index (χ1n) is 8.48. The maximum atomic E-state index is 12.3. The molecule has 1 saturated heterocycles. The molecule has 0 aliphatic carbocycles. The first-order chi connectivity index (χ1) is 11.4. The van der Waals surface area contributed by atoms with Crippen LogP contribution < -0.4 is 5.32 Å². The van der Waals surface area contributed by atoms with Gasteiger partial charge in [-0.2, -0.15) is 0 Å². The Bertz CT molecular complexity index is 569. The molecule has 1 aliphatic rings. The van der Waals surface area contributed by atoms with Gasteiger partial charge in [0, 0.05) is 43.1 Å². The molecule has 0 aromatic heterocycles. The Morgan fingerprint density at radius 3 is 2.54 bits per heavy atom. The van der Waals surface area contributed by atoms with E-state index >= 15 is 0 Å². The second-order valence-electron chi connectivity index (χ2n) is 6.51. The van der Waals surface area contributed by atoms with Crippen LogP contribution in [0.4, 0.5) is 0 Å². The van der Waals surface area contributed by atoms with E-state index in [2.05, 4.69) is 32.2 Å². The Balaban J connectivity index is 1.71. The van der Waals surface area contributed by atoms with Crippen LogP contribution >= 0.6 is 15.9 Å². The lowest BCUT2D eigenvalue weighted by Gasteiger charge is -2.34. The summed E-state index contributed by atoms with van der Waals surface area (Å²) in [5.41, 5.74) is 1.17. The van der Waals surface area contributed by atoms with Gasteiger partial charge in [-0.3, -0.25) is 14.5 Å². The lowest BCUT2D eigenvalue weighted by atomic mass is 10.1. The molecule has 1 aliphatic heterocycles. The van der Waals surface area contributed by atoms with E-state index in [9.17, 15) is 9.59 Å². The van der Waals surface area contributed by atoms with Gasteiger partial charge in [-0.15, -0.1) is 0 Å². The lowest BCUT2D eigenvalue weighted by molar-refractivity contribution is -0.133. The number of hydrogen-bond acceptors (Lipinski definition) is 3. The van der Waals surface area contributed by atoms with E-state index in [1.54, 1.807) is 0 Å². The smallest absolute Gasteiger partial charge is 0.234 e. The largest absolute Gasteiger partial charge is 0.353 e. The highest BCUT2D eigenvalue weighted by molar-refractivity contribution is 9.10. The summed E-state index contributed by atoms with van der Waals surface area (Å²) in [5, 5.41) is 2.90. The number of benzene rings is 1. The molecule has 1 aromatic rings. The van der Waals surface area contributed by atoms with Crippen LogP contribution in [0.1, 0.15) is 25.8 Å². The molecule has 5 nitrogen and oxygen atoms in total. The zero-order valence-corrected chi connectivity index (χ0v) is 16.0. The van der Waals surface area contributed by atoms with Gasteiger partial charge in [0.1, 0.15) is 0 Å². The van der Waals surface area contributed by atoms with Crippen molar-refractivity contribution in [2.24, 2.45) is 0 Å². The van der Waals surface area contributed by atoms with Crippen LogP contribution in [0, 0.1) is 0 Å². The van der Waals surface area contributed by atoms with Gasteiger partial charge in [-0.1, -0.05) is 28.1 Å².